The molecule has 3 aromatic rings. The minimum atomic E-state index is 0.491. The molecule has 2 N–H and O–H groups in total. The molecule has 1 aliphatic heterocycles. The lowest BCUT2D eigenvalue weighted by atomic mass is 10.0. The van der Waals surface area contributed by atoms with E-state index in [-0.39, 0.29) is 0 Å². The lowest BCUT2D eigenvalue weighted by Gasteiger charge is -2.02. The van der Waals surface area contributed by atoms with Crippen molar-refractivity contribution in [2.24, 2.45) is 0 Å². The molecule has 0 amide bonds. The number of hydrogen-bond donors (Lipinski definition) is 2. The third-order valence-corrected chi connectivity index (χ3v) is 3.81. The van der Waals surface area contributed by atoms with Crippen LogP contribution in [0.2, 0.25) is 5.15 Å². The number of aromatic nitrogens is 3. The Morgan fingerprint density at radius 3 is 3.00 bits per heavy atom. The Morgan fingerprint density at radius 2 is 2.16 bits per heavy atom. The molecule has 3 heterocycles. The Hall–Kier alpha value is -1.91. The number of nitrogens with one attached hydrogen (secondary N) is 2. The van der Waals surface area contributed by atoms with E-state index in [9.17, 15) is 0 Å². The second-order valence-electron chi connectivity index (χ2n) is 4.63. The fraction of sp³-hybridized carbons (Fsp3) is 0.143. The Morgan fingerprint density at radius 1 is 1.21 bits per heavy atom. The zero-order valence-corrected chi connectivity index (χ0v) is 10.8. The summed E-state index contributed by atoms with van der Waals surface area (Å²) < 4.78 is 0. The van der Waals surface area contributed by atoms with E-state index in [4.69, 9.17) is 11.6 Å². The highest BCUT2D eigenvalue weighted by Gasteiger charge is 2.12. The van der Waals surface area contributed by atoms with Gasteiger partial charge in [-0.3, -0.25) is 0 Å². The molecule has 94 valence electrons. The molecule has 1 aliphatic rings. The quantitative estimate of drug-likeness (QED) is 0.669. The van der Waals surface area contributed by atoms with E-state index in [0.717, 1.165) is 35.0 Å². The van der Waals surface area contributed by atoms with Gasteiger partial charge in [0.2, 0.25) is 0 Å². The molecule has 5 heteroatoms. The van der Waals surface area contributed by atoms with Gasteiger partial charge in [0.05, 0.1) is 5.39 Å². The van der Waals surface area contributed by atoms with Gasteiger partial charge in [0.1, 0.15) is 17.1 Å². The van der Waals surface area contributed by atoms with Gasteiger partial charge in [0, 0.05) is 24.0 Å². The Kier molecular flexibility index (Phi) is 2.33. The molecule has 0 atom stereocenters. The summed E-state index contributed by atoms with van der Waals surface area (Å²) >= 11 is 6.15. The Labute approximate surface area is 114 Å². The van der Waals surface area contributed by atoms with E-state index in [1.54, 1.807) is 0 Å². The van der Waals surface area contributed by atoms with Crippen LogP contribution in [0.3, 0.4) is 0 Å². The summed E-state index contributed by atoms with van der Waals surface area (Å²) in [5.41, 5.74) is 4.39. The van der Waals surface area contributed by atoms with Gasteiger partial charge in [-0.2, -0.15) is 0 Å². The highest BCUT2D eigenvalue weighted by atomic mass is 35.5. The van der Waals surface area contributed by atoms with Crippen LogP contribution in [0.1, 0.15) is 5.56 Å². The highest BCUT2D eigenvalue weighted by molar-refractivity contribution is 6.36. The maximum atomic E-state index is 6.15. The van der Waals surface area contributed by atoms with Crippen molar-refractivity contribution in [3.63, 3.8) is 0 Å². The largest absolute Gasteiger partial charge is 0.339 e. The lowest BCUT2D eigenvalue weighted by Crippen LogP contribution is -2.07. The number of rotatable bonds is 1. The molecular formula is C14H11ClN4. The smallest absolute Gasteiger partial charge is 0.143 e. The van der Waals surface area contributed by atoms with Crippen LogP contribution in [0, 0.1) is 0 Å². The molecule has 0 radical (unpaired) electrons. The van der Waals surface area contributed by atoms with Crippen LogP contribution in [0.5, 0.6) is 0 Å². The standard InChI is InChI=1S/C14H11ClN4/c15-13-12-10-2-1-8(9-3-4-16-6-9)5-11(10)19-14(12)18-7-17-13/h1-3,5,7,16H,4,6H2,(H,17,18,19). The van der Waals surface area contributed by atoms with Crippen molar-refractivity contribution in [2.75, 3.05) is 13.1 Å². The first kappa shape index (κ1) is 11.0. The van der Waals surface area contributed by atoms with E-state index in [0.29, 0.717) is 5.15 Å². The Bertz CT molecular complexity index is 819. The van der Waals surface area contributed by atoms with E-state index < -0.39 is 0 Å². The fourth-order valence-electron chi connectivity index (χ4n) is 2.58. The number of nitrogens with zero attached hydrogens (tertiary/aromatic N) is 2. The molecule has 0 saturated carbocycles. The minimum Gasteiger partial charge on any atom is -0.339 e. The van der Waals surface area contributed by atoms with Crippen LogP contribution in [0.4, 0.5) is 0 Å². The van der Waals surface area contributed by atoms with Gasteiger partial charge in [0.15, 0.2) is 0 Å². The molecular weight excluding hydrogens is 260 g/mol. The zero-order valence-electron chi connectivity index (χ0n) is 10.1. The normalized spacial score (nSPS) is 15.3. The van der Waals surface area contributed by atoms with Crippen molar-refractivity contribution in [1.29, 1.82) is 0 Å². The van der Waals surface area contributed by atoms with Gasteiger partial charge in [-0.15, -0.1) is 0 Å². The zero-order chi connectivity index (χ0) is 12.8. The van der Waals surface area contributed by atoms with E-state index in [1.807, 2.05) is 0 Å². The first-order valence-corrected chi connectivity index (χ1v) is 6.53. The van der Waals surface area contributed by atoms with Crippen molar-refractivity contribution in [1.82, 2.24) is 20.3 Å². The molecule has 0 spiro atoms. The summed E-state index contributed by atoms with van der Waals surface area (Å²) in [5, 5.41) is 5.76. The Balaban J connectivity index is 2.00. The molecule has 4 rings (SSSR count). The van der Waals surface area contributed by atoms with E-state index in [1.165, 1.54) is 17.5 Å². The number of aromatic amines is 1. The van der Waals surface area contributed by atoms with Crippen LogP contribution < -0.4 is 5.32 Å². The monoisotopic (exact) mass is 270 g/mol. The predicted octanol–water partition coefficient (Wildman–Crippen LogP) is 2.75. The van der Waals surface area contributed by atoms with E-state index in [2.05, 4.69) is 44.5 Å². The number of benzene rings is 1. The summed E-state index contributed by atoms with van der Waals surface area (Å²) in [7, 11) is 0. The summed E-state index contributed by atoms with van der Waals surface area (Å²) in [4.78, 5) is 11.6. The molecule has 2 aromatic heterocycles. The van der Waals surface area contributed by atoms with Crippen molar-refractivity contribution >= 4 is 39.1 Å². The molecule has 1 aromatic carbocycles. The molecule has 19 heavy (non-hydrogen) atoms. The van der Waals surface area contributed by atoms with E-state index >= 15 is 0 Å². The maximum Gasteiger partial charge on any atom is 0.143 e. The van der Waals surface area contributed by atoms with Gasteiger partial charge < -0.3 is 10.3 Å². The third-order valence-electron chi connectivity index (χ3n) is 3.52. The van der Waals surface area contributed by atoms with Gasteiger partial charge in [0.25, 0.3) is 0 Å². The fourth-order valence-corrected chi connectivity index (χ4v) is 2.82. The van der Waals surface area contributed by atoms with Crippen LogP contribution in [0.25, 0.3) is 27.5 Å². The van der Waals surface area contributed by atoms with Gasteiger partial charge in [-0.25, -0.2) is 9.97 Å². The summed E-state index contributed by atoms with van der Waals surface area (Å²) in [6.45, 7) is 1.86. The topological polar surface area (TPSA) is 53.6 Å². The summed E-state index contributed by atoms with van der Waals surface area (Å²) in [6.07, 6.45) is 3.70. The van der Waals surface area contributed by atoms with Crippen molar-refractivity contribution in [3.05, 3.63) is 41.3 Å². The van der Waals surface area contributed by atoms with Crippen LogP contribution >= 0.6 is 11.6 Å². The number of fused-ring (bicyclic) bond motifs is 3. The van der Waals surface area contributed by atoms with Gasteiger partial charge in [-0.1, -0.05) is 29.8 Å². The summed E-state index contributed by atoms with van der Waals surface area (Å²) in [6, 6.07) is 6.35. The predicted molar refractivity (Wildman–Crippen MR) is 77.3 cm³/mol. The van der Waals surface area contributed by atoms with Crippen LogP contribution in [-0.4, -0.2) is 28.0 Å². The average Bonchev–Trinajstić information content (AvgIpc) is 3.05. The van der Waals surface area contributed by atoms with Crippen LogP contribution in [-0.2, 0) is 0 Å². The molecule has 0 bridgehead atoms. The van der Waals surface area contributed by atoms with Crippen molar-refractivity contribution < 1.29 is 0 Å². The van der Waals surface area contributed by atoms with Gasteiger partial charge >= 0.3 is 0 Å². The average molecular weight is 271 g/mol. The summed E-state index contributed by atoms with van der Waals surface area (Å²) in [5.74, 6) is 0. The minimum absolute atomic E-state index is 0.491. The molecule has 0 saturated heterocycles. The number of H-pyrrole nitrogens is 1. The second kappa shape index (κ2) is 4.05. The number of hydrogen-bond acceptors (Lipinski definition) is 3. The maximum absolute atomic E-state index is 6.15. The van der Waals surface area contributed by atoms with Gasteiger partial charge in [-0.05, 0) is 17.2 Å². The van der Waals surface area contributed by atoms with Crippen molar-refractivity contribution in [2.45, 2.75) is 0 Å². The SMILES string of the molecule is Clc1ncnc2[nH]c3cc(C4=CCNC4)ccc3c12. The lowest BCUT2D eigenvalue weighted by molar-refractivity contribution is 0.897. The third kappa shape index (κ3) is 1.64. The first-order valence-electron chi connectivity index (χ1n) is 6.15. The highest BCUT2D eigenvalue weighted by Crippen LogP contribution is 2.30. The first-order chi connectivity index (χ1) is 9.33. The van der Waals surface area contributed by atoms with Crippen LogP contribution in [0.15, 0.2) is 30.6 Å². The molecule has 4 nitrogen and oxygen atoms in total. The molecule has 0 aliphatic carbocycles. The molecule has 0 unspecified atom stereocenters. The van der Waals surface area contributed by atoms with Crippen molar-refractivity contribution in [3.8, 4) is 0 Å². The molecule has 0 fully saturated rings. The second-order valence-corrected chi connectivity index (χ2v) is 4.99. The number of halogens is 1.